The quantitative estimate of drug-likeness (QED) is 0.391. The lowest BCUT2D eigenvalue weighted by Gasteiger charge is -2.49. The SMILES string of the molecule is CCCc1cc(Cl)ccc1C1COc2ccc3cc2N(C1)CC1CCC1C(C1OCC(N2CC(O)C2)CO1)CCCC(C)C(C)S(=O)NC3=O. The minimum atomic E-state index is -1.52. The molecule has 7 rings (SSSR count). The molecule has 0 aromatic heterocycles. The molecule has 9 nitrogen and oxygen atoms in total. The van der Waals surface area contributed by atoms with Gasteiger partial charge in [-0.15, -0.1) is 0 Å². The first-order valence-corrected chi connectivity index (χ1v) is 20.4. The third-order valence-electron chi connectivity index (χ3n) is 12.2. The molecule has 1 amide bonds. The zero-order valence-electron chi connectivity index (χ0n) is 29.7. The molecule has 50 heavy (non-hydrogen) atoms. The van der Waals surface area contributed by atoms with Crippen molar-refractivity contribution < 1.29 is 28.3 Å². The fourth-order valence-electron chi connectivity index (χ4n) is 8.79. The van der Waals surface area contributed by atoms with Crippen LogP contribution in [0.1, 0.15) is 86.7 Å². The largest absolute Gasteiger partial charge is 0.491 e. The average Bonchev–Trinajstić information content (AvgIpc) is 3.26. The molecular formula is C39H54ClN3O6S. The number of nitrogens with zero attached hydrogens (tertiary/aromatic N) is 2. The number of aliphatic hydroxyl groups is 1. The van der Waals surface area contributed by atoms with E-state index in [-0.39, 0.29) is 47.3 Å². The van der Waals surface area contributed by atoms with E-state index < -0.39 is 11.0 Å². The Bertz CT molecular complexity index is 1530. The van der Waals surface area contributed by atoms with Crippen LogP contribution in [0.5, 0.6) is 5.75 Å². The fourth-order valence-corrected chi connectivity index (χ4v) is 10.0. The lowest BCUT2D eigenvalue weighted by molar-refractivity contribution is -0.250. The number of carbonyl (C=O) groups is 1. The predicted molar refractivity (Wildman–Crippen MR) is 197 cm³/mol. The van der Waals surface area contributed by atoms with E-state index in [0.29, 0.717) is 50.3 Å². The Kier molecular flexibility index (Phi) is 11.4. The highest BCUT2D eigenvalue weighted by Crippen LogP contribution is 2.47. The van der Waals surface area contributed by atoms with Crippen molar-refractivity contribution in [2.24, 2.45) is 23.7 Å². The number of β-amino-alcohol motifs (C(OH)–C–C–N with tert-alkyl or cyclic N) is 1. The van der Waals surface area contributed by atoms with Gasteiger partial charge < -0.3 is 24.2 Å². The normalized spacial score (nSPS) is 34.4. The summed E-state index contributed by atoms with van der Waals surface area (Å²) in [7, 11) is -1.52. The van der Waals surface area contributed by atoms with Crippen molar-refractivity contribution in [2.75, 3.05) is 50.9 Å². The fraction of sp³-hybridized carbons (Fsp3) is 0.667. The summed E-state index contributed by atoms with van der Waals surface area (Å²) < 4.78 is 35.8. The van der Waals surface area contributed by atoms with E-state index in [4.69, 9.17) is 25.8 Å². The van der Waals surface area contributed by atoms with Crippen LogP contribution >= 0.6 is 11.6 Å². The van der Waals surface area contributed by atoms with Gasteiger partial charge in [-0.1, -0.05) is 44.4 Å². The Balaban J connectivity index is 1.19. The Morgan fingerprint density at radius 2 is 1.76 bits per heavy atom. The van der Waals surface area contributed by atoms with Crippen molar-refractivity contribution in [3.63, 3.8) is 0 Å². The minimum absolute atomic E-state index is 0.121. The van der Waals surface area contributed by atoms with Gasteiger partial charge in [0.15, 0.2) is 6.29 Å². The first kappa shape index (κ1) is 36.2. The number of fused-ring (bicyclic) bond motifs is 2. The summed E-state index contributed by atoms with van der Waals surface area (Å²) in [4.78, 5) is 18.2. The molecule has 4 heterocycles. The van der Waals surface area contributed by atoms with Crippen LogP contribution in [0.3, 0.4) is 0 Å². The summed E-state index contributed by atoms with van der Waals surface area (Å²) in [6.07, 6.45) is 6.63. The maximum atomic E-state index is 13.5. The van der Waals surface area contributed by atoms with Crippen LogP contribution in [0.4, 0.5) is 5.69 Å². The Morgan fingerprint density at radius 3 is 2.48 bits per heavy atom. The number of hydrogen-bond acceptors (Lipinski definition) is 8. The molecule has 4 aliphatic heterocycles. The second-order valence-corrected chi connectivity index (χ2v) is 17.5. The van der Waals surface area contributed by atoms with Gasteiger partial charge in [0.05, 0.1) is 42.9 Å². The van der Waals surface area contributed by atoms with Gasteiger partial charge in [-0.3, -0.25) is 14.4 Å². The minimum Gasteiger partial charge on any atom is -0.491 e. The number of benzene rings is 2. The lowest BCUT2D eigenvalue weighted by Crippen LogP contribution is -2.60. The van der Waals surface area contributed by atoms with E-state index in [1.54, 1.807) is 6.07 Å². The van der Waals surface area contributed by atoms with Crippen molar-refractivity contribution in [2.45, 2.75) is 95.3 Å². The summed E-state index contributed by atoms with van der Waals surface area (Å²) in [6.45, 7) is 11.1. The molecule has 1 aliphatic carbocycles. The summed E-state index contributed by atoms with van der Waals surface area (Å²) in [5.74, 6) is 1.89. The number of nitrogens with one attached hydrogen (secondary N) is 1. The Hall–Kier alpha value is -2.21. The van der Waals surface area contributed by atoms with E-state index in [9.17, 15) is 14.1 Å². The number of likely N-dealkylation sites (tertiary alicyclic amines) is 1. The first-order chi connectivity index (χ1) is 24.2. The molecule has 2 bridgehead atoms. The number of ether oxygens (including phenoxy) is 3. The van der Waals surface area contributed by atoms with Gasteiger partial charge in [0.2, 0.25) is 0 Å². The highest BCUT2D eigenvalue weighted by atomic mass is 35.5. The van der Waals surface area contributed by atoms with Crippen LogP contribution < -0.4 is 14.4 Å². The third-order valence-corrected chi connectivity index (χ3v) is 13.9. The average molecular weight is 728 g/mol. The number of rotatable bonds is 5. The van der Waals surface area contributed by atoms with E-state index in [1.807, 2.05) is 25.1 Å². The van der Waals surface area contributed by atoms with Crippen LogP contribution in [0, 0.1) is 23.7 Å². The highest BCUT2D eigenvalue weighted by molar-refractivity contribution is 7.84. The molecule has 3 fully saturated rings. The zero-order valence-corrected chi connectivity index (χ0v) is 31.3. The van der Waals surface area contributed by atoms with Gasteiger partial charge in [-0.25, -0.2) is 4.21 Å². The molecule has 2 N–H and O–H groups in total. The maximum Gasteiger partial charge on any atom is 0.263 e. The Labute approximate surface area is 304 Å². The topological polar surface area (TPSA) is 101 Å². The van der Waals surface area contributed by atoms with Crippen LogP contribution in [-0.4, -0.2) is 89.8 Å². The third kappa shape index (κ3) is 7.76. The number of carbonyl (C=O) groups excluding carboxylic acids is 1. The number of amides is 1. The van der Waals surface area contributed by atoms with Crippen LogP contribution in [-0.2, 0) is 26.9 Å². The van der Waals surface area contributed by atoms with E-state index >= 15 is 0 Å². The number of aliphatic hydroxyl groups excluding tert-OH is 1. The summed E-state index contributed by atoms with van der Waals surface area (Å²) >= 11 is 6.48. The molecule has 11 heteroatoms. The monoisotopic (exact) mass is 727 g/mol. The molecule has 1 saturated carbocycles. The van der Waals surface area contributed by atoms with Gasteiger partial charge in [-0.05, 0) is 98.2 Å². The number of aryl methyl sites for hydroxylation is 1. The molecule has 2 saturated heterocycles. The lowest BCUT2D eigenvalue weighted by atomic mass is 9.65. The first-order valence-electron chi connectivity index (χ1n) is 18.9. The molecular weight excluding hydrogens is 674 g/mol. The predicted octanol–water partition coefficient (Wildman–Crippen LogP) is 5.94. The number of halogens is 1. The summed E-state index contributed by atoms with van der Waals surface area (Å²) in [6, 6.07) is 12.1. The Morgan fingerprint density at radius 1 is 0.960 bits per heavy atom. The second kappa shape index (κ2) is 15.8. The van der Waals surface area contributed by atoms with Gasteiger partial charge in [-0.2, -0.15) is 0 Å². The summed E-state index contributed by atoms with van der Waals surface area (Å²) in [5.41, 5.74) is 3.94. The molecule has 274 valence electrons. The number of hydrogen-bond donors (Lipinski definition) is 2. The van der Waals surface area contributed by atoms with Crippen molar-refractivity contribution in [3.8, 4) is 5.75 Å². The van der Waals surface area contributed by atoms with Crippen LogP contribution in [0.2, 0.25) is 5.02 Å². The molecule has 2 aromatic rings. The molecule has 0 spiro atoms. The zero-order chi connectivity index (χ0) is 34.9. The van der Waals surface area contributed by atoms with Crippen molar-refractivity contribution in [1.29, 1.82) is 0 Å². The van der Waals surface area contributed by atoms with Crippen molar-refractivity contribution >= 4 is 34.2 Å². The maximum absolute atomic E-state index is 13.5. The van der Waals surface area contributed by atoms with E-state index in [2.05, 4.69) is 40.5 Å². The highest BCUT2D eigenvalue weighted by Gasteiger charge is 2.45. The van der Waals surface area contributed by atoms with Gasteiger partial charge in [0, 0.05) is 48.6 Å². The smallest absolute Gasteiger partial charge is 0.263 e. The number of anilines is 1. The van der Waals surface area contributed by atoms with Crippen LogP contribution in [0.25, 0.3) is 0 Å². The van der Waals surface area contributed by atoms with E-state index in [0.717, 1.165) is 74.5 Å². The van der Waals surface area contributed by atoms with Crippen LogP contribution in [0.15, 0.2) is 36.4 Å². The van der Waals surface area contributed by atoms with Gasteiger partial charge in [0.1, 0.15) is 16.7 Å². The molecule has 0 radical (unpaired) electrons. The molecule has 2 aromatic carbocycles. The molecule has 5 aliphatic rings. The van der Waals surface area contributed by atoms with Gasteiger partial charge in [0.25, 0.3) is 5.91 Å². The summed E-state index contributed by atoms with van der Waals surface area (Å²) in [5, 5.41) is 10.4. The van der Waals surface area contributed by atoms with Crippen molar-refractivity contribution in [3.05, 3.63) is 58.1 Å². The van der Waals surface area contributed by atoms with Gasteiger partial charge >= 0.3 is 0 Å². The second-order valence-electron chi connectivity index (χ2n) is 15.5. The molecule has 7 atom stereocenters. The standard InChI is InChI=1S/C39H54ClN3O6S/c1-4-6-26-15-30(40)11-13-33(26)29-18-43-17-28-9-12-34(28)35(39-48-22-31(23-49-39)42-19-32(44)20-42)8-5-7-24(2)25(3)50(46)41-38(45)27-10-14-37(47-21-29)36(43)16-27/h10-11,13-16,24-25,28-29,31-32,34-35,39,44H,4-9,12,17-23H2,1-3H3,(H,41,45). The molecule has 7 unspecified atom stereocenters. The van der Waals surface area contributed by atoms with E-state index in [1.165, 1.54) is 11.1 Å². The van der Waals surface area contributed by atoms with Crippen molar-refractivity contribution in [1.82, 2.24) is 9.62 Å².